The number of hydrogen-bond donors (Lipinski definition) is 2. The number of nitrogens with one attached hydrogen (secondary N) is 2. The maximum Gasteiger partial charge on any atom is 0.171 e. The van der Waals surface area contributed by atoms with Crippen molar-refractivity contribution < 1.29 is 9.47 Å². The van der Waals surface area contributed by atoms with Crippen molar-refractivity contribution in [2.45, 2.75) is 25.0 Å². The van der Waals surface area contributed by atoms with E-state index >= 15 is 0 Å². The van der Waals surface area contributed by atoms with Crippen LogP contribution in [0.2, 0.25) is 5.02 Å². The Kier molecular flexibility index (Phi) is 4.66. The average Bonchev–Trinajstić information content (AvgIpc) is 3.52. The summed E-state index contributed by atoms with van der Waals surface area (Å²) < 4.78 is 13.4. The Morgan fingerprint density at radius 2 is 1.94 bits per heavy atom. The van der Waals surface area contributed by atoms with E-state index in [1.165, 1.54) is 0 Å². The van der Waals surface area contributed by atoms with Gasteiger partial charge in [-0.25, -0.2) is 4.98 Å². The van der Waals surface area contributed by atoms with Crippen LogP contribution in [0.1, 0.15) is 12.8 Å². The maximum absolute atomic E-state index is 7.12. The molecule has 3 saturated heterocycles. The third-order valence-electron chi connectivity index (χ3n) is 6.34. The summed E-state index contributed by atoms with van der Waals surface area (Å²) in [5.74, 6) is 2.26. The van der Waals surface area contributed by atoms with Gasteiger partial charge in [-0.2, -0.15) is 9.78 Å². The minimum absolute atomic E-state index is 0.241. The van der Waals surface area contributed by atoms with E-state index in [2.05, 4.69) is 25.3 Å². The lowest BCUT2D eigenvalue weighted by Gasteiger charge is -2.36. The normalized spacial score (nSPS) is 23.7. The van der Waals surface area contributed by atoms with Gasteiger partial charge in [-0.05, 0) is 12.8 Å². The lowest BCUT2D eigenvalue weighted by atomic mass is 10.2. The number of halogens is 1. The van der Waals surface area contributed by atoms with E-state index in [1.54, 1.807) is 10.9 Å². The SMILES string of the molecule is CNc1nn(-c2ccn[nH]2)c2nc(N3CCOCC3)c(Cl)c(N3CC4CCC(C3)O4)c12. The molecule has 0 amide bonds. The van der Waals surface area contributed by atoms with Crippen molar-refractivity contribution in [3.63, 3.8) is 0 Å². The third-order valence-corrected chi connectivity index (χ3v) is 6.68. The standard InChI is InChI=1S/C20H25ClN8O2/c1-22-18-15-17(28-10-12-2-3-13(11-28)31-12)16(21)20(27-6-8-30-9-7-27)24-19(15)29(26-18)14-4-5-23-25-14/h4-5,12-13H,2-3,6-11H2,1H3,(H,22,26)(H,23,25). The van der Waals surface area contributed by atoms with Crippen LogP contribution < -0.4 is 15.1 Å². The number of ether oxygens (including phenoxy) is 2. The minimum atomic E-state index is 0.241. The van der Waals surface area contributed by atoms with Gasteiger partial charge in [-0.15, -0.1) is 5.10 Å². The molecule has 0 aromatic carbocycles. The second-order valence-corrected chi connectivity index (χ2v) is 8.59. The first-order chi connectivity index (χ1) is 15.2. The van der Waals surface area contributed by atoms with Crippen LogP contribution in [0, 0.1) is 0 Å². The molecule has 2 N–H and O–H groups in total. The molecule has 6 rings (SSSR count). The van der Waals surface area contributed by atoms with Crippen LogP contribution in [0.25, 0.3) is 16.9 Å². The monoisotopic (exact) mass is 444 g/mol. The molecule has 3 aromatic heterocycles. The number of nitrogens with zero attached hydrogens (tertiary/aromatic N) is 6. The van der Waals surface area contributed by atoms with E-state index in [9.17, 15) is 0 Å². The molecule has 3 aliphatic heterocycles. The summed E-state index contributed by atoms with van der Waals surface area (Å²) in [6, 6.07) is 1.88. The predicted molar refractivity (Wildman–Crippen MR) is 119 cm³/mol. The van der Waals surface area contributed by atoms with Crippen LogP contribution in [0.5, 0.6) is 0 Å². The van der Waals surface area contributed by atoms with Crippen LogP contribution in [-0.4, -0.2) is 83.6 Å². The molecule has 164 valence electrons. The van der Waals surface area contributed by atoms with Crippen molar-refractivity contribution >= 4 is 40.0 Å². The molecular weight excluding hydrogens is 420 g/mol. The first kappa shape index (κ1) is 19.1. The Morgan fingerprint density at radius 1 is 1.16 bits per heavy atom. The summed E-state index contributed by atoms with van der Waals surface area (Å²) >= 11 is 7.12. The molecule has 0 radical (unpaired) electrons. The van der Waals surface area contributed by atoms with Crippen LogP contribution in [-0.2, 0) is 9.47 Å². The molecule has 3 aromatic rings. The minimum Gasteiger partial charge on any atom is -0.378 e. The lowest BCUT2D eigenvalue weighted by Crippen LogP contribution is -2.43. The molecule has 2 atom stereocenters. The fraction of sp³-hybridized carbons (Fsp3) is 0.550. The molecule has 6 heterocycles. The summed E-state index contributed by atoms with van der Waals surface area (Å²) in [6.45, 7) is 4.46. The summed E-state index contributed by atoms with van der Waals surface area (Å²) in [5.41, 5.74) is 1.72. The molecule has 10 nitrogen and oxygen atoms in total. The van der Waals surface area contributed by atoms with Gasteiger partial charge in [0.2, 0.25) is 0 Å². The topological polar surface area (TPSA) is 96.4 Å². The number of morpholine rings is 2. The number of pyridine rings is 1. The molecule has 0 saturated carbocycles. The van der Waals surface area contributed by atoms with E-state index < -0.39 is 0 Å². The Bertz CT molecular complexity index is 1080. The summed E-state index contributed by atoms with van der Waals surface area (Å²) in [6.07, 6.45) is 4.38. The molecule has 3 aliphatic rings. The first-order valence-corrected chi connectivity index (χ1v) is 11.1. The fourth-order valence-corrected chi connectivity index (χ4v) is 5.26. The van der Waals surface area contributed by atoms with Gasteiger partial charge in [0, 0.05) is 39.3 Å². The first-order valence-electron chi connectivity index (χ1n) is 10.8. The number of aromatic amines is 1. The fourth-order valence-electron chi connectivity index (χ4n) is 4.88. The number of H-pyrrole nitrogens is 1. The van der Waals surface area contributed by atoms with Crippen molar-refractivity contribution in [2.24, 2.45) is 0 Å². The number of aromatic nitrogens is 5. The lowest BCUT2D eigenvalue weighted by molar-refractivity contribution is 0.0306. The van der Waals surface area contributed by atoms with E-state index in [4.69, 9.17) is 31.2 Å². The van der Waals surface area contributed by atoms with Crippen molar-refractivity contribution in [1.29, 1.82) is 0 Å². The van der Waals surface area contributed by atoms with Crippen molar-refractivity contribution in [3.8, 4) is 5.82 Å². The van der Waals surface area contributed by atoms with E-state index in [0.717, 1.165) is 73.2 Å². The zero-order valence-electron chi connectivity index (χ0n) is 17.3. The van der Waals surface area contributed by atoms with Crippen molar-refractivity contribution in [2.75, 3.05) is 61.6 Å². The zero-order chi connectivity index (χ0) is 20.9. The number of anilines is 3. The highest BCUT2D eigenvalue weighted by Gasteiger charge is 2.37. The second kappa shape index (κ2) is 7.54. The Hall–Kier alpha value is -2.56. The van der Waals surface area contributed by atoms with Gasteiger partial charge in [-0.1, -0.05) is 11.6 Å². The van der Waals surface area contributed by atoms with Gasteiger partial charge in [0.05, 0.1) is 42.7 Å². The number of hydrogen-bond acceptors (Lipinski definition) is 8. The van der Waals surface area contributed by atoms with Gasteiger partial charge in [0.25, 0.3) is 0 Å². The van der Waals surface area contributed by atoms with E-state index in [0.29, 0.717) is 18.2 Å². The van der Waals surface area contributed by atoms with Crippen molar-refractivity contribution in [1.82, 2.24) is 25.0 Å². The molecule has 0 aliphatic carbocycles. The smallest absolute Gasteiger partial charge is 0.171 e. The largest absolute Gasteiger partial charge is 0.378 e. The third kappa shape index (κ3) is 3.12. The molecule has 2 bridgehead atoms. The van der Waals surface area contributed by atoms with Crippen molar-refractivity contribution in [3.05, 3.63) is 17.3 Å². The summed E-state index contributed by atoms with van der Waals surface area (Å²) in [5, 5.41) is 16.7. The predicted octanol–water partition coefficient (Wildman–Crippen LogP) is 2.04. The summed E-state index contributed by atoms with van der Waals surface area (Å²) in [7, 11) is 1.87. The van der Waals surface area contributed by atoms with Gasteiger partial charge >= 0.3 is 0 Å². The van der Waals surface area contributed by atoms with E-state index in [-0.39, 0.29) is 12.2 Å². The Balaban J connectivity index is 1.59. The highest BCUT2D eigenvalue weighted by Crippen LogP contribution is 2.45. The number of fused-ring (bicyclic) bond motifs is 3. The van der Waals surface area contributed by atoms with Crippen LogP contribution in [0.15, 0.2) is 12.3 Å². The van der Waals surface area contributed by atoms with Crippen LogP contribution >= 0.6 is 11.6 Å². The van der Waals surface area contributed by atoms with Gasteiger partial charge in [-0.3, -0.25) is 5.10 Å². The quantitative estimate of drug-likeness (QED) is 0.631. The average molecular weight is 445 g/mol. The highest BCUT2D eigenvalue weighted by atomic mass is 35.5. The highest BCUT2D eigenvalue weighted by molar-refractivity contribution is 6.37. The van der Waals surface area contributed by atoms with Gasteiger partial charge in [0.15, 0.2) is 23.1 Å². The Labute approximate surface area is 184 Å². The van der Waals surface area contributed by atoms with Gasteiger partial charge < -0.3 is 24.6 Å². The Morgan fingerprint density at radius 3 is 2.61 bits per heavy atom. The molecule has 3 fully saturated rings. The summed E-state index contributed by atoms with van der Waals surface area (Å²) in [4.78, 5) is 9.59. The molecule has 11 heteroatoms. The second-order valence-electron chi connectivity index (χ2n) is 8.21. The van der Waals surface area contributed by atoms with E-state index in [1.807, 2.05) is 13.1 Å². The molecule has 31 heavy (non-hydrogen) atoms. The number of rotatable bonds is 4. The van der Waals surface area contributed by atoms with Crippen LogP contribution in [0.3, 0.4) is 0 Å². The molecule has 2 unspecified atom stereocenters. The van der Waals surface area contributed by atoms with Crippen LogP contribution in [0.4, 0.5) is 17.3 Å². The zero-order valence-corrected chi connectivity index (χ0v) is 18.1. The molecular formula is C20H25ClN8O2. The maximum atomic E-state index is 7.12. The van der Waals surface area contributed by atoms with Gasteiger partial charge in [0.1, 0.15) is 5.02 Å². The molecule has 0 spiro atoms.